The molecule has 0 saturated carbocycles. The highest BCUT2D eigenvalue weighted by atomic mass is 35.5. The van der Waals surface area contributed by atoms with Gasteiger partial charge in [-0.15, -0.1) is 5.10 Å². The van der Waals surface area contributed by atoms with Crippen LogP contribution in [0.5, 0.6) is 0 Å². The van der Waals surface area contributed by atoms with Gasteiger partial charge in [-0.05, 0) is 59.3 Å². The Hall–Kier alpha value is -2.47. The van der Waals surface area contributed by atoms with E-state index in [1.165, 1.54) is 22.9 Å². The lowest BCUT2D eigenvalue weighted by Gasteiger charge is -2.08. The van der Waals surface area contributed by atoms with E-state index in [0.717, 1.165) is 11.1 Å². The lowest BCUT2D eigenvalue weighted by Crippen LogP contribution is -2.03. The van der Waals surface area contributed by atoms with Crippen LogP contribution < -0.4 is 5.73 Å². The Morgan fingerprint density at radius 3 is 2.76 bits per heavy atom. The molecule has 0 saturated heterocycles. The maximum atomic E-state index is 14.0. The van der Waals surface area contributed by atoms with Crippen molar-refractivity contribution in [2.75, 3.05) is 5.73 Å². The van der Waals surface area contributed by atoms with E-state index in [1.54, 1.807) is 12.1 Å². The zero-order valence-corrected chi connectivity index (χ0v) is 11.8. The molecule has 0 amide bonds. The third kappa shape index (κ3) is 2.45. The predicted octanol–water partition coefficient (Wildman–Crippen LogP) is 3.01. The minimum absolute atomic E-state index is 0.193. The number of rotatable bonds is 2. The fourth-order valence-electron chi connectivity index (χ4n) is 2.10. The van der Waals surface area contributed by atoms with E-state index in [2.05, 4.69) is 15.5 Å². The van der Waals surface area contributed by atoms with Crippen molar-refractivity contribution in [1.29, 1.82) is 0 Å². The molecular formula is C14H11ClFN5. The van der Waals surface area contributed by atoms with Gasteiger partial charge < -0.3 is 5.73 Å². The Morgan fingerprint density at radius 2 is 2.00 bits per heavy atom. The number of halogens is 2. The van der Waals surface area contributed by atoms with E-state index in [1.807, 2.05) is 13.0 Å². The quantitative estimate of drug-likeness (QED) is 0.739. The number of nitrogens with zero attached hydrogens (tertiary/aromatic N) is 4. The maximum absolute atomic E-state index is 14.0. The first-order valence-electron chi connectivity index (χ1n) is 6.16. The molecule has 7 heteroatoms. The molecule has 1 heterocycles. The van der Waals surface area contributed by atoms with Crippen LogP contribution in [0.1, 0.15) is 5.56 Å². The normalized spacial score (nSPS) is 10.8. The van der Waals surface area contributed by atoms with Crippen LogP contribution in [0, 0.1) is 12.7 Å². The van der Waals surface area contributed by atoms with Crippen LogP contribution in [0.15, 0.2) is 36.4 Å². The Labute approximate surface area is 125 Å². The van der Waals surface area contributed by atoms with Gasteiger partial charge in [0.1, 0.15) is 11.5 Å². The molecule has 0 aliphatic heterocycles. The highest BCUT2D eigenvalue weighted by Gasteiger charge is 2.16. The van der Waals surface area contributed by atoms with Crippen molar-refractivity contribution in [2.24, 2.45) is 0 Å². The number of anilines is 1. The van der Waals surface area contributed by atoms with Crippen molar-refractivity contribution in [1.82, 2.24) is 20.2 Å². The molecule has 0 bridgehead atoms. The van der Waals surface area contributed by atoms with E-state index in [4.69, 9.17) is 17.3 Å². The predicted molar refractivity (Wildman–Crippen MR) is 78.7 cm³/mol. The number of nitrogen functional groups attached to an aromatic ring is 1. The van der Waals surface area contributed by atoms with Crippen LogP contribution in [0.4, 0.5) is 10.1 Å². The topological polar surface area (TPSA) is 69.6 Å². The van der Waals surface area contributed by atoms with Crippen LogP contribution in [0.3, 0.4) is 0 Å². The summed E-state index contributed by atoms with van der Waals surface area (Å²) in [6.07, 6.45) is 0. The highest BCUT2D eigenvalue weighted by Crippen LogP contribution is 2.26. The Morgan fingerprint density at radius 1 is 1.19 bits per heavy atom. The molecule has 3 aromatic rings. The summed E-state index contributed by atoms with van der Waals surface area (Å²) in [7, 11) is 0. The number of aryl methyl sites for hydroxylation is 1. The van der Waals surface area contributed by atoms with Gasteiger partial charge in [-0.1, -0.05) is 11.6 Å². The van der Waals surface area contributed by atoms with Crippen LogP contribution in [0.2, 0.25) is 5.02 Å². The summed E-state index contributed by atoms with van der Waals surface area (Å²) in [5.74, 6) is -0.0327. The fraction of sp³-hybridized carbons (Fsp3) is 0.0714. The third-order valence-electron chi connectivity index (χ3n) is 3.10. The number of benzene rings is 2. The van der Waals surface area contributed by atoms with Gasteiger partial charge in [-0.25, -0.2) is 4.39 Å². The lowest BCUT2D eigenvalue weighted by atomic mass is 10.1. The van der Waals surface area contributed by atoms with Crippen molar-refractivity contribution >= 4 is 17.3 Å². The van der Waals surface area contributed by atoms with Gasteiger partial charge in [0, 0.05) is 16.3 Å². The zero-order valence-electron chi connectivity index (χ0n) is 11.1. The van der Waals surface area contributed by atoms with Gasteiger partial charge >= 0.3 is 0 Å². The minimum atomic E-state index is -0.457. The minimum Gasteiger partial charge on any atom is -0.399 e. The van der Waals surface area contributed by atoms with Crippen molar-refractivity contribution < 1.29 is 4.39 Å². The van der Waals surface area contributed by atoms with Gasteiger partial charge in [0.15, 0.2) is 5.82 Å². The maximum Gasteiger partial charge on any atom is 0.187 e. The van der Waals surface area contributed by atoms with Gasteiger partial charge in [0.2, 0.25) is 0 Å². The Bertz CT molecular complexity index is 815. The number of nitrogens with two attached hydrogens (primary N) is 1. The third-order valence-corrected chi connectivity index (χ3v) is 3.33. The number of aromatic nitrogens is 4. The summed E-state index contributed by atoms with van der Waals surface area (Å²) >= 11 is 5.92. The molecule has 0 radical (unpaired) electrons. The Balaban J connectivity index is 2.19. The van der Waals surface area contributed by atoms with Crippen molar-refractivity contribution in [3.8, 4) is 17.1 Å². The van der Waals surface area contributed by atoms with E-state index in [0.29, 0.717) is 16.5 Å². The summed E-state index contributed by atoms with van der Waals surface area (Å²) < 4.78 is 15.3. The second-order valence-electron chi connectivity index (χ2n) is 4.58. The molecule has 3 rings (SSSR count). The highest BCUT2D eigenvalue weighted by molar-refractivity contribution is 6.30. The lowest BCUT2D eigenvalue weighted by molar-refractivity contribution is 0.608. The fourth-order valence-corrected chi connectivity index (χ4v) is 2.27. The van der Waals surface area contributed by atoms with E-state index in [9.17, 15) is 4.39 Å². The van der Waals surface area contributed by atoms with E-state index >= 15 is 0 Å². The van der Waals surface area contributed by atoms with E-state index < -0.39 is 5.82 Å². The average molecular weight is 304 g/mol. The SMILES string of the molecule is Cc1cc(N)ccc1-c1nnnn1-c1cc(Cl)ccc1F. The molecule has 1 aromatic heterocycles. The first-order chi connectivity index (χ1) is 10.1. The van der Waals surface area contributed by atoms with E-state index in [-0.39, 0.29) is 5.69 Å². The molecule has 0 fully saturated rings. The summed E-state index contributed by atoms with van der Waals surface area (Å²) in [6, 6.07) is 9.58. The molecular weight excluding hydrogens is 293 g/mol. The van der Waals surface area contributed by atoms with Crippen LogP contribution in [-0.4, -0.2) is 20.2 Å². The molecule has 5 nitrogen and oxygen atoms in total. The van der Waals surface area contributed by atoms with Gasteiger partial charge in [-0.2, -0.15) is 4.68 Å². The largest absolute Gasteiger partial charge is 0.399 e. The number of hydrogen-bond donors (Lipinski definition) is 1. The van der Waals surface area contributed by atoms with Crippen LogP contribution in [-0.2, 0) is 0 Å². The molecule has 0 unspecified atom stereocenters. The van der Waals surface area contributed by atoms with Crippen molar-refractivity contribution in [3.63, 3.8) is 0 Å². The summed E-state index contributed by atoms with van der Waals surface area (Å²) in [4.78, 5) is 0. The first kappa shape index (κ1) is 13.5. The van der Waals surface area contributed by atoms with Crippen LogP contribution in [0.25, 0.3) is 17.1 Å². The summed E-state index contributed by atoms with van der Waals surface area (Å²) in [5.41, 5.74) is 8.24. The molecule has 0 spiro atoms. The number of hydrogen-bond acceptors (Lipinski definition) is 4. The molecule has 106 valence electrons. The Kier molecular flexibility index (Phi) is 3.31. The van der Waals surface area contributed by atoms with Gasteiger partial charge in [0.05, 0.1) is 0 Å². The molecule has 0 atom stereocenters. The monoisotopic (exact) mass is 303 g/mol. The second-order valence-corrected chi connectivity index (χ2v) is 5.02. The molecule has 2 N–H and O–H groups in total. The molecule has 0 aliphatic carbocycles. The van der Waals surface area contributed by atoms with Crippen molar-refractivity contribution in [3.05, 3.63) is 52.8 Å². The second kappa shape index (κ2) is 5.14. The standard InChI is InChI=1S/C14H11ClFN5/c1-8-6-10(17)3-4-11(8)14-18-19-20-21(14)13-7-9(15)2-5-12(13)16/h2-7H,17H2,1H3. The van der Waals surface area contributed by atoms with Gasteiger partial charge in [-0.3, -0.25) is 0 Å². The molecule has 0 aliphatic rings. The number of tetrazole rings is 1. The zero-order chi connectivity index (χ0) is 15.0. The summed E-state index contributed by atoms with van der Waals surface area (Å²) in [5, 5.41) is 11.9. The summed E-state index contributed by atoms with van der Waals surface area (Å²) in [6.45, 7) is 1.89. The van der Waals surface area contributed by atoms with Crippen LogP contribution >= 0.6 is 11.6 Å². The average Bonchev–Trinajstić information content (AvgIpc) is 2.90. The smallest absolute Gasteiger partial charge is 0.187 e. The van der Waals surface area contributed by atoms with Gasteiger partial charge in [0.25, 0.3) is 0 Å². The molecule has 21 heavy (non-hydrogen) atoms. The first-order valence-corrected chi connectivity index (χ1v) is 6.54. The van der Waals surface area contributed by atoms with Crippen molar-refractivity contribution in [2.45, 2.75) is 6.92 Å². The molecule has 2 aromatic carbocycles.